The van der Waals surface area contributed by atoms with E-state index in [0.29, 0.717) is 28.7 Å². The fourth-order valence-corrected chi connectivity index (χ4v) is 3.63. The highest BCUT2D eigenvalue weighted by Gasteiger charge is 2.14. The molecule has 0 aromatic heterocycles. The zero-order valence-electron chi connectivity index (χ0n) is 17.3. The molecule has 0 aliphatic rings. The lowest BCUT2D eigenvalue weighted by molar-refractivity contribution is 0.0827. The zero-order valence-corrected chi connectivity index (χ0v) is 18.8. The van der Waals surface area contributed by atoms with Crippen LogP contribution in [-0.4, -0.2) is 44.0 Å². The van der Waals surface area contributed by atoms with Crippen LogP contribution < -0.4 is 10.6 Å². The van der Waals surface area contributed by atoms with Crippen molar-refractivity contribution in [1.82, 2.24) is 15.5 Å². The van der Waals surface area contributed by atoms with Crippen LogP contribution in [0.3, 0.4) is 0 Å². The monoisotopic (exact) mass is 434 g/mol. The Bertz CT molecular complexity index is 830. The molecule has 0 fully saturated rings. The fourth-order valence-electron chi connectivity index (χ4n) is 2.86. The van der Waals surface area contributed by atoms with E-state index in [1.54, 1.807) is 19.0 Å². The highest BCUT2D eigenvalue weighted by atomic mass is 35.5. The first-order valence-electron chi connectivity index (χ1n) is 9.60. The van der Waals surface area contributed by atoms with E-state index >= 15 is 0 Å². The minimum atomic E-state index is -0.0118. The van der Waals surface area contributed by atoms with Gasteiger partial charge in [-0.3, -0.25) is 4.79 Å². The molecule has 0 saturated carbocycles. The molecule has 0 aliphatic heterocycles. The average Bonchev–Trinajstić information content (AvgIpc) is 2.69. The molecule has 5 nitrogen and oxygen atoms in total. The van der Waals surface area contributed by atoms with Crippen LogP contribution in [0.4, 0.5) is 0 Å². The lowest BCUT2D eigenvalue weighted by Crippen LogP contribution is -2.39. The Kier molecular flexibility index (Phi) is 8.80. The van der Waals surface area contributed by atoms with Gasteiger partial charge in [-0.15, -0.1) is 0 Å². The van der Waals surface area contributed by atoms with E-state index in [0.717, 1.165) is 23.6 Å². The Hall–Kier alpha value is -2.24. The van der Waals surface area contributed by atoms with Crippen LogP contribution in [0.5, 0.6) is 0 Å². The Morgan fingerprint density at radius 2 is 1.69 bits per heavy atom. The molecular formula is C22H28Cl2N4O. The molecule has 0 radical (unpaired) electrons. The van der Waals surface area contributed by atoms with E-state index in [2.05, 4.69) is 22.5 Å². The number of benzene rings is 2. The number of nitrogens with zero attached hydrogens (tertiary/aromatic N) is 2. The van der Waals surface area contributed by atoms with Gasteiger partial charge in [-0.05, 0) is 42.3 Å². The maximum absolute atomic E-state index is 12.0. The molecule has 7 heteroatoms. The molecule has 156 valence electrons. The van der Waals surface area contributed by atoms with Crippen molar-refractivity contribution in [2.75, 3.05) is 27.2 Å². The average molecular weight is 435 g/mol. The third-order valence-corrected chi connectivity index (χ3v) is 5.10. The minimum absolute atomic E-state index is 0.0118. The summed E-state index contributed by atoms with van der Waals surface area (Å²) in [4.78, 5) is 18.2. The number of carbonyl (C=O) groups excluding carboxylic acids is 1. The maximum Gasteiger partial charge on any atom is 0.253 e. The number of guanidine groups is 1. The van der Waals surface area contributed by atoms with Crippen molar-refractivity contribution < 1.29 is 4.79 Å². The number of halogens is 2. The standard InChI is InChI=1S/C22H28Cl2N4O/c1-5-25-22(26-13-15(2)20-18(23)7-6-8-19(20)24)27-14-16-9-11-17(12-10-16)21(29)28(3)4/h6-12,15H,5,13-14H2,1-4H3,(H2,25,26,27). The molecule has 1 atom stereocenters. The summed E-state index contributed by atoms with van der Waals surface area (Å²) in [7, 11) is 3.48. The highest BCUT2D eigenvalue weighted by Crippen LogP contribution is 2.30. The molecular weight excluding hydrogens is 407 g/mol. The molecule has 2 rings (SSSR count). The molecule has 29 heavy (non-hydrogen) atoms. The maximum atomic E-state index is 12.0. The number of hydrogen-bond acceptors (Lipinski definition) is 2. The number of carbonyl (C=O) groups is 1. The van der Waals surface area contributed by atoms with Gasteiger partial charge in [0.25, 0.3) is 5.91 Å². The first-order chi connectivity index (χ1) is 13.8. The largest absolute Gasteiger partial charge is 0.357 e. The van der Waals surface area contributed by atoms with Gasteiger partial charge < -0.3 is 15.5 Å². The van der Waals surface area contributed by atoms with Crippen molar-refractivity contribution in [2.24, 2.45) is 4.99 Å². The van der Waals surface area contributed by atoms with Crippen LogP contribution in [0.25, 0.3) is 0 Å². The minimum Gasteiger partial charge on any atom is -0.357 e. The van der Waals surface area contributed by atoms with Gasteiger partial charge in [-0.25, -0.2) is 4.99 Å². The molecule has 0 bridgehead atoms. The molecule has 1 unspecified atom stereocenters. The summed E-state index contributed by atoms with van der Waals surface area (Å²) in [6.45, 7) is 6.00. The van der Waals surface area contributed by atoms with Crippen LogP contribution in [0.2, 0.25) is 10.0 Å². The summed E-state index contributed by atoms with van der Waals surface area (Å²) in [5.74, 6) is 0.828. The first-order valence-corrected chi connectivity index (χ1v) is 10.4. The summed E-state index contributed by atoms with van der Waals surface area (Å²) in [5, 5.41) is 7.93. The second-order valence-electron chi connectivity index (χ2n) is 7.01. The second kappa shape index (κ2) is 11.1. The van der Waals surface area contributed by atoms with E-state index in [-0.39, 0.29) is 11.8 Å². The molecule has 0 aliphatic carbocycles. The highest BCUT2D eigenvalue weighted by molar-refractivity contribution is 6.36. The molecule has 2 N–H and O–H groups in total. The molecule has 0 saturated heterocycles. The SMILES string of the molecule is CCNC(=NCc1ccc(C(=O)N(C)C)cc1)NCC(C)c1c(Cl)cccc1Cl. The van der Waals surface area contributed by atoms with Crippen LogP contribution in [0, 0.1) is 0 Å². The van der Waals surface area contributed by atoms with Crippen LogP contribution >= 0.6 is 23.2 Å². The Balaban J connectivity index is 2.01. The third kappa shape index (κ3) is 6.65. The summed E-state index contributed by atoms with van der Waals surface area (Å²) >= 11 is 12.6. The van der Waals surface area contributed by atoms with Gasteiger partial charge in [0.1, 0.15) is 0 Å². The van der Waals surface area contributed by atoms with Gasteiger partial charge in [0, 0.05) is 48.7 Å². The Morgan fingerprint density at radius 3 is 2.24 bits per heavy atom. The third-order valence-electron chi connectivity index (χ3n) is 4.44. The van der Waals surface area contributed by atoms with Gasteiger partial charge in [-0.2, -0.15) is 0 Å². The first kappa shape index (κ1) is 23.0. The van der Waals surface area contributed by atoms with Gasteiger partial charge in [0.15, 0.2) is 5.96 Å². The molecule has 1 amide bonds. The second-order valence-corrected chi connectivity index (χ2v) is 7.82. The summed E-state index contributed by atoms with van der Waals surface area (Å²) in [6, 6.07) is 13.1. The van der Waals surface area contributed by atoms with E-state index in [1.165, 1.54) is 0 Å². The Labute approximate surface area is 183 Å². The quantitative estimate of drug-likeness (QED) is 0.496. The van der Waals surface area contributed by atoms with Crippen LogP contribution in [-0.2, 0) is 6.54 Å². The van der Waals surface area contributed by atoms with Crippen molar-refractivity contribution >= 4 is 35.1 Å². The number of aliphatic imine (C=N–C) groups is 1. The topological polar surface area (TPSA) is 56.7 Å². The summed E-state index contributed by atoms with van der Waals surface area (Å²) in [5.41, 5.74) is 2.62. The molecule has 0 spiro atoms. The summed E-state index contributed by atoms with van der Waals surface area (Å²) < 4.78 is 0. The normalized spacial score (nSPS) is 12.4. The predicted octanol–water partition coefficient (Wildman–Crippen LogP) is 4.55. The van der Waals surface area contributed by atoms with Gasteiger partial charge in [0.2, 0.25) is 0 Å². The number of nitrogens with one attached hydrogen (secondary N) is 2. The molecule has 2 aromatic rings. The lowest BCUT2D eigenvalue weighted by atomic mass is 10.0. The smallest absolute Gasteiger partial charge is 0.253 e. The van der Waals surface area contributed by atoms with E-state index < -0.39 is 0 Å². The lowest BCUT2D eigenvalue weighted by Gasteiger charge is -2.18. The van der Waals surface area contributed by atoms with Crippen molar-refractivity contribution in [1.29, 1.82) is 0 Å². The molecule has 0 heterocycles. The van der Waals surface area contributed by atoms with Gasteiger partial charge in [0.05, 0.1) is 6.54 Å². The van der Waals surface area contributed by atoms with Crippen molar-refractivity contribution in [3.8, 4) is 0 Å². The van der Waals surface area contributed by atoms with E-state index in [1.807, 2.05) is 49.4 Å². The van der Waals surface area contributed by atoms with E-state index in [9.17, 15) is 4.79 Å². The van der Waals surface area contributed by atoms with Gasteiger partial charge >= 0.3 is 0 Å². The molecule has 2 aromatic carbocycles. The number of hydrogen-bond donors (Lipinski definition) is 2. The number of rotatable bonds is 7. The fraction of sp³-hybridized carbons (Fsp3) is 0.364. The van der Waals surface area contributed by atoms with E-state index in [4.69, 9.17) is 23.2 Å². The van der Waals surface area contributed by atoms with Crippen LogP contribution in [0.1, 0.15) is 41.3 Å². The number of amides is 1. The van der Waals surface area contributed by atoms with Crippen molar-refractivity contribution in [3.63, 3.8) is 0 Å². The van der Waals surface area contributed by atoms with Crippen molar-refractivity contribution in [2.45, 2.75) is 26.3 Å². The predicted molar refractivity (Wildman–Crippen MR) is 122 cm³/mol. The summed E-state index contributed by atoms with van der Waals surface area (Å²) in [6.07, 6.45) is 0. The Morgan fingerprint density at radius 1 is 1.07 bits per heavy atom. The van der Waals surface area contributed by atoms with Crippen molar-refractivity contribution in [3.05, 3.63) is 69.2 Å². The zero-order chi connectivity index (χ0) is 21.4. The van der Waals surface area contributed by atoms with Gasteiger partial charge in [-0.1, -0.05) is 48.3 Å². The van der Waals surface area contributed by atoms with Crippen LogP contribution in [0.15, 0.2) is 47.5 Å².